The first-order chi connectivity index (χ1) is 11.2. The molecule has 3 rings (SSSR count). The van der Waals surface area contributed by atoms with Gasteiger partial charge in [0.05, 0.1) is 5.25 Å². The smallest absolute Gasteiger partial charge is 0.233 e. The predicted molar refractivity (Wildman–Crippen MR) is 102 cm³/mol. The molecule has 4 nitrogen and oxygen atoms in total. The summed E-state index contributed by atoms with van der Waals surface area (Å²) < 4.78 is 0. The Morgan fingerprint density at radius 3 is 2.88 bits per heavy atom. The molecule has 0 fully saturated rings. The third kappa shape index (κ3) is 3.75. The number of nitrogens with zero attached hydrogens (tertiary/aromatic N) is 2. The maximum Gasteiger partial charge on any atom is 0.233 e. The van der Waals surface area contributed by atoms with Gasteiger partial charge in [-0.25, -0.2) is 9.97 Å². The van der Waals surface area contributed by atoms with E-state index in [2.05, 4.69) is 22.2 Å². The van der Waals surface area contributed by atoms with Gasteiger partial charge in [0.25, 0.3) is 0 Å². The number of thiophene rings is 1. The van der Waals surface area contributed by atoms with Crippen LogP contribution in [0.5, 0.6) is 0 Å². The van der Waals surface area contributed by atoms with Gasteiger partial charge in [0, 0.05) is 15.8 Å². The molecule has 0 spiro atoms. The lowest BCUT2D eigenvalue weighted by Crippen LogP contribution is -2.44. The molecule has 1 amide bonds. The van der Waals surface area contributed by atoms with Gasteiger partial charge in [-0.15, -0.1) is 11.3 Å². The fourth-order valence-electron chi connectivity index (χ4n) is 3.03. The van der Waals surface area contributed by atoms with Gasteiger partial charge < -0.3 is 5.32 Å². The first-order valence-electron chi connectivity index (χ1n) is 8.48. The summed E-state index contributed by atoms with van der Waals surface area (Å²) in [7, 11) is 0. The van der Waals surface area contributed by atoms with E-state index >= 15 is 0 Å². The summed E-state index contributed by atoms with van der Waals surface area (Å²) in [4.78, 5) is 23.9. The van der Waals surface area contributed by atoms with E-state index in [1.807, 2.05) is 27.7 Å². The van der Waals surface area contributed by atoms with Crippen molar-refractivity contribution in [3.8, 4) is 0 Å². The van der Waals surface area contributed by atoms with Gasteiger partial charge in [-0.1, -0.05) is 18.7 Å². The van der Waals surface area contributed by atoms with Crippen LogP contribution in [-0.4, -0.2) is 26.7 Å². The zero-order valence-corrected chi connectivity index (χ0v) is 16.6. The van der Waals surface area contributed by atoms with Gasteiger partial charge in [0.1, 0.15) is 16.2 Å². The normalized spacial score (nSPS) is 19.1. The maximum absolute atomic E-state index is 12.4. The average molecular weight is 364 g/mol. The molecule has 6 heteroatoms. The van der Waals surface area contributed by atoms with Crippen molar-refractivity contribution in [2.75, 3.05) is 0 Å². The Kier molecular flexibility index (Phi) is 4.89. The summed E-state index contributed by atoms with van der Waals surface area (Å²) >= 11 is 3.34. The number of carbonyl (C=O) groups is 1. The number of fused-ring (bicyclic) bond motifs is 3. The Morgan fingerprint density at radius 1 is 1.42 bits per heavy atom. The number of amides is 1. The molecule has 1 aliphatic rings. The van der Waals surface area contributed by atoms with Gasteiger partial charge in [-0.3, -0.25) is 4.79 Å². The molecule has 0 saturated carbocycles. The minimum Gasteiger partial charge on any atom is -0.351 e. The monoisotopic (exact) mass is 363 g/mol. The molecule has 130 valence electrons. The van der Waals surface area contributed by atoms with Crippen molar-refractivity contribution in [2.24, 2.45) is 5.92 Å². The molecule has 2 aromatic rings. The number of aryl methyl sites for hydroxylation is 1. The number of nitrogens with one attached hydrogen (secondary N) is 1. The highest BCUT2D eigenvalue weighted by molar-refractivity contribution is 8.00. The molecule has 2 heterocycles. The summed E-state index contributed by atoms with van der Waals surface area (Å²) in [5, 5.41) is 5.00. The topological polar surface area (TPSA) is 54.9 Å². The average Bonchev–Trinajstić information content (AvgIpc) is 2.83. The van der Waals surface area contributed by atoms with Crippen molar-refractivity contribution < 1.29 is 4.79 Å². The van der Waals surface area contributed by atoms with E-state index < -0.39 is 0 Å². The van der Waals surface area contributed by atoms with Crippen LogP contribution < -0.4 is 5.32 Å². The summed E-state index contributed by atoms with van der Waals surface area (Å²) in [5.41, 5.74) is 1.20. The molecule has 0 aliphatic heterocycles. The van der Waals surface area contributed by atoms with Gasteiger partial charge in [-0.2, -0.15) is 0 Å². The van der Waals surface area contributed by atoms with E-state index in [-0.39, 0.29) is 16.7 Å². The molecular weight excluding hydrogens is 338 g/mol. The Hall–Kier alpha value is -1.14. The quantitative estimate of drug-likeness (QED) is 0.655. The number of hydrogen-bond donors (Lipinski definition) is 1. The number of rotatable bonds is 3. The van der Waals surface area contributed by atoms with Crippen LogP contribution in [0.25, 0.3) is 10.2 Å². The van der Waals surface area contributed by atoms with Crippen LogP contribution in [0.15, 0.2) is 11.4 Å². The van der Waals surface area contributed by atoms with Gasteiger partial charge >= 0.3 is 0 Å². The van der Waals surface area contributed by atoms with Crippen LogP contribution in [0.4, 0.5) is 0 Å². The zero-order chi connectivity index (χ0) is 17.5. The molecule has 2 atom stereocenters. The van der Waals surface area contributed by atoms with Crippen molar-refractivity contribution in [1.29, 1.82) is 0 Å². The Labute approximate surface area is 151 Å². The predicted octanol–water partition coefficient (Wildman–Crippen LogP) is 4.21. The van der Waals surface area contributed by atoms with E-state index in [1.54, 1.807) is 29.4 Å². The van der Waals surface area contributed by atoms with Gasteiger partial charge in [0.2, 0.25) is 5.91 Å². The fraction of sp³-hybridized carbons (Fsp3) is 0.611. The minimum atomic E-state index is -0.218. The van der Waals surface area contributed by atoms with Gasteiger partial charge in [0.15, 0.2) is 0 Å². The lowest BCUT2D eigenvalue weighted by molar-refractivity contribution is -0.121. The molecule has 2 aromatic heterocycles. The molecule has 0 saturated heterocycles. The summed E-state index contributed by atoms with van der Waals surface area (Å²) in [6.45, 7) is 10.3. The maximum atomic E-state index is 12.4. The SMILES string of the molecule is C[C@@H]1CCc2c(sc3ncnc(S[C@@H](C)C(=O)NC(C)(C)C)c23)C1. The first kappa shape index (κ1) is 17.7. The van der Waals surface area contributed by atoms with E-state index in [0.29, 0.717) is 0 Å². The standard InChI is InChI=1S/C18H25N3OS2/c1-10-6-7-12-13(8-10)24-17-14(12)16(19-9-20-17)23-11(2)15(22)21-18(3,4)5/h9-11H,6-8H2,1-5H3,(H,21,22)/t10-,11+/m1/s1. The highest BCUT2D eigenvalue weighted by Gasteiger charge is 2.26. The van der Waals surface area contributed by atoms with E-state index in [0.717, 1.165) is 28.6 Å². The molecular formula is C18H25N3OS2. The van der Waals surface area contributed by atoms with Crippen molar-refractivity contribution in [3.05, 3.63) is 16.8 Å². The number of thioether (sulfide) groups is 1. The van der Waals surface area contributed by atoms with Crippen molar-refractivity contribution >= 4 is 39.2 Å². The molecule has 1 aliphatic carbocycles. The van der Waals surface area contributed by atoms with E-state index in [4.69, 9.17) is 0 Å². The second-order valence-corrected chi connectivity index (χ2v) is 10.1. The number of aromatic nitrogens is 2. The third-order valence-corrected chi connectivity index (χ3v) is 6.48. The van der Waals surface area contributed by atoms with Crippen LogP contribution in [0.2, 0.25) is 0 Å². The van der Waals surface area contributed by atoms with Crippen LogP contribution in [0.3, 0.4) is 0 Å². The second-order valence-electron chi connectivity index (χ2n) is 7.71. The second kappa shape index (κ2) is 6.64. The van der Waals surface area contributed by atoms with Crippen molar-refractivity contribution in [3.63, 3.8) is 0 Å². The van der Waals surface area contributed by atoms with E-state index in [9.17, 15) is 4.79 Å². The molecule has 1 N–H and O–H groups in total. The number of hydrogen-bond acceptors (Lipinski definition) is 5. The molecule has 0 radical (unpaired) electrons. The zero-order valence-electron chi connectivity index (χ0n) is 15.0. The minimum absolute atomic E-state index is 0.0528. The Morgan fingerprint density at radius 2 is 2.17 bits per heavy atom. The molecule has 0 bridgehead atoms. The van der Waals surface area contributed by atoms with Crippen molar-refractivity contribution in [2.45, 2.75) is 69.7 Å². The molecule has 24 heavy (non-hydrogen) atoms. The van der Waals surface area contributed by atoms with Crippen LogP contribution in [-0.2, 0) is 17.6 Å². The summed E-state index contributed by atoms with van der Waals surface area (Å²) in [6, 6.07) is 0. The molecule has 0 unspecified atom stereocenters. The summed E-state index contributed by atoms with van der Waals surface area (Å²) in [6.07, 6.45) is 5.09. The van der Waals surface area contributed by atoms with Gasteiger partial charge in [-0.05, 0) is 58.4 Å². The third-order valence-electron chi connectivity index (χ3n) is 4.21. The van der Waals surface area contributed by atoms with Crippen LogP contribution in [0.1, 0.15) is 51.5 Å². The lowest BCUT2D eigenvalue weighted by atomic mass is 9.89. The highest BCUT2D eigenvalue weighted by atomic mass is 32.2. The molecule has 0 aromatic carbocycles. The first-order valence-corrected chi connectivity index (χ1v) is 10.2. The number of carbonyl (C=O) groups excluding carboxylic acids is 1. The van der Waals surface area contributed by atoms with Crippen LogP contribution in [0, 0.1) is 5.92 Å². The fourth-order valence-corrected chi connectivity index (χ4v) is 5.39. The van der Waals surface area contributed by atoms with Crippen LogP contribution >= 0.6 is 23.1 Å². The highest BCUT2D eigenvalue weighted by Crippen LogP contribution is 2.41. The Balaban J connectivity index is 1.89. The van der Waals surface area contributed by atoms with Crippen molar-refractivity contribution in [1.82, 2.24) is 15.3 Å². The lowest BCUT2D eigenvalue weighted by Gasteiger charge is -2.23. The largest absolute Gasteiger partial charge is 0.351 e. The summed E-state index contributed by atoms with van der Waals surface area (Å²) in [5.74, 6) is 0.795. The van der Waals surface area contributed by atoms with E-state index in [1.165, 1.54) is 22.2 Å². The Bertz CT molecular complexity index is 763.